The SMILES string of the molecule is CN(C)C(=O)CN=C(NCC1CCCO1)NCC1(c2cccc(Br)c2)CC1.I. The van der Waals surface area contributed by atoms with E-state index >= 15 is 0 Å². The Hall–Kier alpha value is -0.870. The second-order valence-electron chi connectivity index (χ2n) is 7.61. The van der Waals surface area contributed by atoms with Crippen LogP contribution in [0.2, 0.25) is 0 Å². The van der Waals surface area contributed by atoms with Gasteiger partial charge in [-0.05, 0) is 43.4 Å². The van der Waals surface area contributed by atoms with Crippen molar-refractivity contribution >= 4 is 51.8 Å². The first-order chi connectivity index (χ1) is 13.0. The van der Waals surface area contributed by atoms with Crippen molar-refractivity contribution < 1.29 is 9.53 Å². The third-order valence-electron chi connectivity index (χ3n) is 5.28. The van der Waals surface area contributed by atoms with E-state index in [0.717, 1.165) is 43.3 Å². The Balaban J connectivity index is 0.00000280. The van der Waals surface area contributed by atoms with Gasteiger partial charge in [0.1, 0.15) is 6.54 Å². The summed E-state index contributed by atoms with van der Waals surface area (Å²) in [5, 5.41) is 6.81. The van der Waals surface area contributed by atoms with Crippen LogP contribution in [-0.4, -0.2) is 63.2 Å². The van der Waals surface area contributed by atoms with Crippen LogP contribution in [0.1, 0.15) is 31.2 Å². The van der Waals surface area contributed by atoms with E-state index < -0.39 is 0 Å². The van der Waals surface area contributed by atoms with Crippen LogP contribution in [0.15, 0.2) is 33.7 Å². The predicted molar refractivity (Wildman–Crippen MR) is 126 cm³/mol. The van der Waals surface area contributed by atoms with Crippen molar-refractivity contribution in [3.63, 3.8) is 0 Å². The first kappa shape index (κ1) is 23.4. The lowest BCUT2D eigenvalue weighted by molar-refractivity contribution is -0.127. The summed E-state index contributed by atoms with van der Waals surface area (Å²) >= 11 is 3.57. The molecular formula is C20H30BrIN4O2. The summed E-state index contributed by atoms with van der Waals surface area (Å²) in [7, 11) is 3.49. The van der Waals surface area contributed by atoms with E-state index in [1.807, 2.05) is 0 Å². The van der Waals surface area contributed by atoms with Gasteiger partial charge in [-0.3, -0.25) is 4.79 Å². The molecule has 0 bridgehead atoms. The molecule has 0 radical (unpaired) electrons. The quantitative estimate of drug-likeness (QED) is 0.304. The molecular weight excluding hydrogens is 535 g/mol. The van der Waals surface area contributed by atoms with E-state index in [2.05, 4.69) is 55.8 Å². The number of nitrogens with one attached hydrogen (secondary N) is 2. The third-order valence-corrected chi connectivity index (χ3v) is 5.77. The molecule has 1 saturated carbocycles. The normalized spacial score (nSPS) is 20.2. The number of hydrogen-bond acceptors (Lipinski definition) is 3. The number of carbonyl (C=O) groups excluding carboxylic acids is 1. The molecule has 0 spiro atoms. The molecule has 2 N–H and O–H groups in total. The Morgan fingerprint density at radius 3 is 2.75 bits per heavy atom. The number of guanidine groups is 1. The van der Waals surface area contributed by atoms with Crippen molar-refractivity contribution in [2.45, 2.75) is 37.2 Å². The summed E-state index contributed by atoms with van der Waals surface area (Å²) < 4.78 is 6.79. The maximum atomic E-state index is 11.9. The molecule has 1 aromatic carbocycles. The minimum Gasteiger partial charge on any atom is -0.376 e. The zero-order chi connectivity index (χ0) is 19.3. The highest BCUT2D eigenvalue weighted by Gasteiger charge is 2.44. The van der Waals surface area contributed by atoms with Gasteiger partial charge in [0.2, 0.25) is 5.91 Å². The molecule has 2 fully saturated rings. The predicted octanol–water partition coefficient (Wildman–Crippen LogP) is 2.90. The molecule has 1 aliphatic carbocycles. The fourth-order valence-electron chi connectivity index (χ4n) is 3.27. The summed E-state index contributed by atoms with van der Waals surface area (Å²) in [6, 6.07) is 8.52. The molecule has 6 nitrogen and oxygen atoms in total. The largest absolute Gasteiger partial charge is 0.376 e. The van der Waals surface area contributed by atoms with Gasteiger partial charge in [-0.25, -0.2) is 4.99 Å². The average molecular weight is 565 g/mol. The van der Waals surface area contributed by atoms with Gasteiger partial charge < -0.3 is 20.3 Å². The standard InChI is InChI=1S/C20H29BrN4O2.HI/c1-25(2)18(26)13-23-19(22-12-17-7-4-10-27-17)24-14-20(8-9-20)15-5-3-6-16(21)11-15;/h3,5-6,11,17H,4,7-10,12-14H2,1-2H3,(H2,22,23,24);1H. The number of amides is 1. The molecule has 2 aliphatic rings. The molecule has 1 heterocycles. The van der Waals surface area contributed by atoms with Gasteiger partial charge in [-0.1, -0.05) is 28.1 Å². The fraction of sp³-hybridized carbons (Fsp3) is 0.600. The Morgan fingerprint density at radius 1 is 1.36 bits per heavy atom. The number of aliphatic imine (C=N–C) groups is 1. The van der Waals surface area contributed by atoms with E-state index in [1.54, 1.807) is 19.0 Å². The van der Waals surface area contributed by atoms with Crippen LogP contribution < -0.4 is 10.6 Å². The molecule has 156 valence electrons. The first-order valence-corrected chi connectivity index (χ1v) is 10.4. The van der Waals surface area contributed by atoms with Crippen LogP contribution in [0.5, 0.6) is 0 Å². The number of carbonyl (C=O) groups is 1. The van der Waals surface area contributed by atoms with Gasteiger partial charge >= 0.3 is 0 Å². The molecule has 1 aromatic rings. The van der Waals surface area contributed by atoms with Gasteiger partial charge in [-0.15, -0.1) is 24.0 Å². The minimum absolute atomic E-state index is 0. The van der Waals surface area contributed by atoms with E-state index in [9.17, 15) is 4.79 Å². The average Bonchev–Trinajstić information content (AvgIpc) is 3.26. The van der Waals surface area contributed by atoms with Crippen molar-refractivity contribution in [3.8, 4) is 0 Å². The Bertz CT molecular complexity index is 689. The molecule has 1 amide bonds. The van der Waals surface area contributed by atoms with E-state index in [-0.39, 0.29) is 47.9 Å². The maximum Gasteiger partial charge on any atom is 0.243 e. The topological polar surface area (TPSA) is 66.0 Å². The minimum atomic E-state index is -0.0126. The Morgan fingerprint density at radius 2 is 2.14 bits per heavy atom. The van der Waals surface area contributed by atoms with Crippen molar-refractivity contribution in [3.05, 3.63) is 34.3 Å². The highest BCUT2D eigenvalue weighted by atomic mass is 127. The smallest absolute Gasteiger partial charge is 0.243 e. The van der Waals surface area contributed by atoms with Crippen molar-refractivity contribution in [1.29, 1.82) is 0 Å². The lowest BCUT2D eigenvalue weighted by Gasteiger charge is -2.21. The van der Waals surface area contributed by atoms with Gasteiger partial charge in [0, 0.05) is 43.7 Å². The summed E-state index contributed by atoms with van der Waals surface area (Å²) in [5.41, 5.74) is 1.49. The third kappa shape index (κ3) is 6.59. The number of nitrogens with zero attached hydrogens (tertiary/aromatic N) is 2. The molecule has 1 unspecified atom stereocenters. The monoisotopic (exact) mass is 564 g/mol. The van der Waals surface area contributed by atoms with E-state index in [4.69, 9.17) is 4.74 Å². The van der Waals surface area contributed by atoms with Gasteiger partial charge in [0.15, 0.2) is 5.96 Å². The molecule has 1 atom stereocenters. The number of likely N-dealkylation sites (N-methyl/N-ethyl adjacent to an activating group) is 1. The Labute approximate surface area is 193 Å². The number of hydrogen-bond donors (Lipinski definition) is 2. The van der Waals surface area contributed by atoms with Crippen LogP contribution in [-0.2, 0) is 14.9 Å². The molecule has 28 heavy (non-hydrogen) atoms. The number of ether oxygens (including phenoxy) is 1. The summed E-state index contributed by atoms with van der Waals surface area (Å²) in [6.45, 7) is 2.48. The zero-order valence-corrected chi connectivity index (χ0v) is 20.5. The van der Waals surface area contributed by atoms with Gasteiger partial charge in [0.25, 0.3) is 0 Å². The van der Waals surface area contributed by atoms with Crippen LogP contribution in [0.25, 0.3) is 0 Å². The van der Waals surface area contributed by atoms with E-state index in [1.165, 1.54) is 5.56 Å². The lowest BCUT2D eigenvalue weighted by atomic mass is 9.96. The molecule has 3 rings (SSSR count). The molecule has 0 aromatic heterocycles. The zero-order valence-electron chi connectivity index (χ0n) is 16.5. The molecule has 1 saturated heterocycles. The van der Waals surface area contributed by atoms with Crippen molar-refractivity contribution in [2.24, 2.45) is 4.99 Å². The lowest BCUT2D eigenvalue weighted by Crippen LogP contribution is -2.44. The summed E-state index contributed by atoms with van der Waals surface area (Å²) in [4.78, 5) is 18.0. The van der Waals surface area contributed by atoms with Gasteiger partial charge in [0.05, 0.1) is 6.10 Å². The van der Waals surface area contributed by atoms with Crippen molar-refractivity contribution in [2.75, 3.05) is 40.3 Å². The highest BCUT2D eigenvalue weighted by molar-refractivity contribution is 14.0. The second kappa shape index (κ2) is 10.8. The first-order valence-electron chi connectivity index (χ1n) is 9.58. The maximum absolute atomic E-state index is 11.9. The van der Waals surface area contributed by atoms with Crippen LogP contribution in [0.4, 0.5) is 0 Å². The number of halogens is 2. The molecule has 8 heteroatoms. The van der Waals surface area contributed by atoms with E-state index in [0.29, 0.717) is 12.5 Å². The Kier molecular flexibility index (Phi) is 9.01. The van der Waals surface area contributed by atoms with Crippen LogP contribution in [0, 0.1) is 0 Å². The molecule has 1 aliphatic heterocycles. The highest BCUT2D eigenvalue weighted by Crippen LogP contribution is 2.48. The van der Waals surface area contributed by atoms with Gasteiger partial charge in [-0.2, -0.15) is 0 Å². The summed E-state index contributed by atoms with van der Waals surface area (Å²) in [5.74, 6) is 0.670. The van der Waals surface area contributed by atoms with Crippen molar-refractivity contribution in [1.82, 2.24) is 15.5 Å². The summed E-state index contributed by atoms with van der Waals surface area (Å²) in [6.07, 6.45) is 4.72. The fourth-order valence-corrected chi connectivity index (χ4v) is 3.67. The van der Waals surface area contributed by atoms with Crippen LogP contribution in [0.3, 0.4) is 0 Å². The number of benzene rings is 1. The second-order valence-corrected chi connectivity index (χ2v) is 8.53. The number of rotatable bonds is 7. The van der Waals surface area contributed by atoms with Crippen LogP contribution >= 0.6 is 39.9 Å².